The second kappa shape index (κ2) is 9.76. The second-order valence-electron chi connectivity index (χ2n) is 11.3. The molecule has 2 aliphatic heterocycles. The first-order valence-electron chi connectivity index (χ1n) is 13.2. The standard InChI is InChI=1S/C27H33FN8O3/c1-27(2,3)35-11-8-16(13-35)26(37)29-12-22-31-25(33-39-22)24-23(20-15-38-20)19-6-5-7-21(36(19)32-24)30-18-9-10-34(4)14-17(18)28/h5-8,11,13,17-18,20,30H,9-10,12,14-15H2,1-4H3,(H,29,37)/t17-,18+,20+/m0/s1. The predicted molar refractivity (Wildman–Crippen MR) is 142 cm³/mol. The summed E-state index contributed by atoms with van der Waals surface area (Å²) < 4.78 is 29.6. The molecule has 206 valence electrons. The number of epoxide rings is 1. The van der Waals surface area contributed by atoms with Crippen LogP contribution in [0.5, 0.6) is 0 Å². The maximum absolute atomic E-state index is 14.7. The highest BCUT2D eigenvalue weighted by molar-refractivity contribution is 5.93. The van der Waals surface area contributed by atoms with E-state index in [9.17, 15) is 9.18 Å². The number of rotatable bonds is 7. The van der Waals surface area contributed by atoms with Gasteiger partial charge in [-0.3, -0.25) is 4.79 Å². The number of carbonyl (C=O) groups excluding carboxylic acids is 1. The summed E-state index contributed by atoms with van der Waals surface area (Å²) in [5.41, 5.74) is 2.67. The minimum Gasteiger partial charge on any atom is -0.368 e. The molecule has 39 heavy (non-hydrogen) atoms. The number of hydrogen-bond donors (Lipinski definition) is 2. The first-order chi connectivity index (χ1) is 18.7. The Kier molecular flexibility index (Phi) is 6.38. The maximum atomic E-state index is 14.7. The average Bonchev–Trinajstić information content (AvgIpc) is 3.29. The van der Waals surface area contributed by atoms with Gasteiger partial charge in [-0.15, -0.1) is 0 Å². The van der Waals surface area contributed by atoms with Crippen LogP contribution >= 0.6 is 0 Å². The fourth-order valence-electron chi connectivity index (χ4n) is 4.93. The monoisotopic (exact) mass is 536 g/mol. The van der Waals surface area contributed by atoms with E-state index in [0.29, 0.717) is 42.5 Å². The summed E-state index contributed by atoms with van der Waals surface area (Å²) in [5.74, 6) is 1.03. The molecule has 6 heterocycles. The Hall–Kier alpha value is -3.77. The lowest BCUT2D eigenvalue weighted by molar-refractivity contribution is 0.0946. The number of fused-ring (bicyclic) bond motifs is 1. The van der Waals surface area contributed by atoms with Crippen molar-refractivity contribution in [3.8, 4) is 11.5 Å². The van der Waals surface area contributed by atoms with Gasteiger partial charge >= 0.3 is 0 Å². The van der Waals surface area contributed by atoms with Crippen molar-refractivity contribution in [1.29, 1.82) is 0 Å². The molecule has 0 aliphatic carbocycles. The number of halogens is 1. The van der Waals surface area contributed by atoms with Gasteiger partial charge in [0.05, 0.1) is 30.3 Å². The zero-order valence-electron chi connectivity index (χ0n) is 22.5. The van der Waals surface area contributed by atoms with Crippen LogP contribution in [0, 0.1) is 0 Å². The molecular weight excluding hydrogens is 503 g/mol. The third kappa shape index (κ3) is 5.13. The van der Waals surface area contributed by atoms with Crippen LogP contribution in [0.15, 0.2) is 41.2 Å². The Morgan fingerprint density at radius 1 is 1.26 bits per heavy atom. The van der Waals surface area contributed by atoms with Gasteiger partial charge in [-0.1, -0.05) is 11.2 Å². The summed E-state index contributed by atoms with van der Waals surface area (Å²) in [7, 11) is 1.93. The minimum atomic E-state index is -0.984. The number of amides is 1. The molecule has 0 saturated carbocycles. The van der Waals surface area contributed by atoms with Gasteiger partial charge in [-0.25, -0.2) is 8.91 Å². The molecule has 1 amide bonds. The lowest BCUT2D eigenvalue weighted by atomic mass is 10.0. The third-order valence-electron chi connectivity index (χ3n) is 7.24. The molecule has 3 atom stereocenters. The van der Waals surface area contributed by atoms with Crippen molar-refractivity contribution in [2.75, 3.05) is 32.1 Å². The predicted octanol–water partition coefficient (Wildman–Crippen LogP) is 3.40. The van der Waals surface area contributed by atoms with E-state index in [1.807, 2.05) is 47.1 Å². The molecule has 4 aromatic rings. The van der Waals surface area contributed by atoms with Crippen molar-refractivity contribution in [2.45, 2.75) is 57.6 Å². The normalized spacial score (nSPS) is 21.8. The quantitative estimate of drug-likeness (QED) is 0.345. The van der Waals surface area contributed by atoms with E-state index >= 15 is 0 Å². The van der Waals surface area contributed by atoms with Gasteiger partial charge in [0.1, 0.15) is 23.8 Å². The van der Waals surface area contributed by atoms with Crippen LogP contribution in [0.2, 0.25) is 0 Å². The van der Waals surface area contributed by atoms with Crippen molar-refractivity contribution in [3.63, 3.8) is 0 Å². The summed E-state index contributed by atoms with van der Waals surface area (Å²) in [6.45, 7) is 8.08. The first-order valence-corrected chi connectivity index (χ1v) is 13.2. The van der Waals surface area contributed by atoms with Crippen LogP contribution in [-0.2, 0) is 16.8 Å². The summed E-state index contributed by atoms with van der Waals surface area (Å²) >= 11 is 0. The zero-order valence-corrected chi connectivity index (χ0v) is 22.5. The molecule has 0 bridgehead atoms. The number of anilines is 1. The number of aromatic nitrogens is 5. The largest absolute Gasteiger partial charge is 0.368 e. The third-order valence-corrected chi connectivity index (χ3v) is 7.24. The van der Waals surface area contributed by atoms with E-state index in [2.05, 4.69) is 41.5 Å². The van der Waals surface area contributed by atoms with Gasteiger partial charge in [0.25, 0.3) is 5.91 Å². The Morgan fingerprint density at radius 3 is 2.79 bits per heavy atom. The SMILES string of the molecule is CN1CC[C@@H](Nc2cccc3c([C@H]4CO4)c(-c4noc(CNC(=O)c5ccn(C(C)(C)C)c5)n4)nn23)[C@@H](F)C1. The van der Waals surface area contributed by atoms with Gasteiger partial charge in [0.2, 0.25) is 11.7 Å². The van der Waals surface area contributed by atoms with Gasteiger partial charge in [0.15, 0.2) is 0 Å². The van der Waals surface area contributed by atoms with Crippen LogP contribution < -0.4 is 10.6 Å². The molecule has 2 aliphatic rings. The fraction of sp³-hybridized carbons (Fsp3) is 0.481. The van der Waals surface area contributed by atoms with E-state index in [-0.39, 0.29) is 36.0 Å². The summed E-state index contributed by atoms with van der Waals surface area (Å²) in [6.07, 6.45) is 3.28. The summed E-state index contributed by atoms with van der Waals surface area (Å²) in [4.78, 5) is 19.2. The van der Waals surface area contributed by atoms with Crippen molar-refractivity contribution in [2.24, 2.45) is 0 Å². The van der Waals surface area contributed by atoms with E-state index in [4.69, 9.17) is 14.4 Å². The van der Waals surface area contributed by atoms with Crippen molar-refractivity contribution < 1.29 is 18.4 Å². The number of hydrogen-bond acceptors (Lipinski definition) is 8. The van der Waals surface area contributed by atoms with Crippen molar-refractivity contribution in [3.05, 3.63) is 53.7 Å². The fourth-order valence-corrected chi connectivity index (χ4v) is 4.93. The van der Waals surface area contributed by atoms with E-state index in [1.165, 1.54) is 0 Å². The van der Waals surface area contributed by atoms with Crippen LogP contribution in [0.4, 0.5) is 10.2 Å². The molecular formula is C27H33FN8O3. The van der Waals surface area contributed by atoms with E-state index in [1.54, 1.807) is 10.6 Å². The topological polar surface area (TPSA) is 118 Å². The van der Waals surface area contributed by atoms with E-state index in [0.717, 1.165) is 17.6 Å². The van der Waals surface area contributed by atoms with Crippen molar-refractivity contribution in [1.82, 2.24) is 34.5 Å². The maximum Gasteiger partial charge on any atom is 0.253 e. The minimum absolute atomic E-state index is 0.0793. The summed E-state index contributed by atoms with van der Waals surface area (Å²) in [5, 5.41) is 15.1. The van der Waals surface area contributed by atoms with Gasteiger partial charge in [0, 0.05) is 36.6 Å². The number of piperidine rings is 1. The number of ether oxygens (including phenoxy) is 1. The molecule has 2 saturated heterocycles. The molecule has 11 nitrogen and oxygen atoms in total. The molecule has 0 radical (unpaired) electrons. The van der Waals surface area contributed by atoms with Crippen LogP contribution in [0.25, 0.3) is 17.0 Å². The second-order valence-corrected chi connectivity index (χ2v) is 11.3. The Bertz CT molecular complexity index is 1500. The zero-order chi connectivity index (χ0) is 27.3. The van der Waals surface area contributed by atoms with Crippen molar-refractivity contribution >= 4 is 17.2 Å². The number of carbonyl (C=O) groups is 1. The molecule has 2 fully saturated rings. The summed E-state index contributed by atoms with van der Waals surface area (Å²) in [6, 6.07) is 7.23. The molecule has 4 aromatic heterocycles. The number of nitrogens with zero attached hydrogens (tertiary/aromatic N) is 6. The van der Waals surface area contributed by atoms with Gasteiger partial charge < -0.3 is 29.4 Å². The van der Waals surface area contributed by atoms with Crippen LogP contribution in [0.3, 0.4) is 0 Å². The molecule has 6 rings (SSSR count). The van der Waals surface area contributed by atoms with Gasteiger partial charge in [-0.05, 0) is 52.4 Å². The highest BCUT2D eigenvalue weighted by atomic mass is 19.1. The smallest absolute Gasteiger partial charge is 0.253 e. The molecule has 0 unspecified atom stereocenters. The van der Waals surface area contributed by atoms with Crippen LogP contribution in [-0.4, -0.2) is 74.1 Å². The Labute approximate surface area is 225 Å². The Morgan fingerprint density at radius 2 is 2.08 bits per heavy atom. The van der Waals surface area contributed by atoms with Gasteiger partial charge in [-0.2, -0.15) is 10.1 Å². The number of nitrogens with one attached hydrogen (secondary N) is 2. The van der Waals surface area contributed by atoms with E-state index < -0.39 is 6.17 Å². The molecule has 2 N–H and O–H groups in total. The highest BCUT2D eigenvalue weighted by Gasteiger charge is 2.35. The average molecular weight is 537 g/mol. The number of alkyl halides is 1. The number of likely N-dealkylation sites (tertiary alicyclic amines) is 1. The molecule has 0 aromatic carbocycles. The lowest BCUT2D eigenvalue weighted by Gasteiger charge is -2.33. The molecule has 12 heteroatoms. The molecule has 0 spiro atoms. The Balaban J connectivity index is 1.22. The lowest BCUT2D eigenvalue weighted by Crippen LogP contribution is -2.46. The van der Waals surface area contributed by atoms with Crippen LogP contribution in [0.1, 0.15) is 55.1 Å². The highest BCUT2D eigenvalue weighted by Crippen LogP contribution is 2.39. The number of pyridine rings is 1. The first kappa shape index (κ1) is 25.5.